The summed E-state index contributed by atoms with van der Waals surface area (Å²) in [5.41, 5.74) is 0.981. The van der Waals surface area contributed by atoms with Crippen LogP contribution in [0.1, 0.15) is 65.7 Å². The molecule has 0 amide bonds. The number of rotatable bonds is 9. The van der Waals surface area contributed by atoms with Gasteiger partial charge in [0.2, 0.25) is 0 Å². The van der Waals surface area contributed by atoms with Gasteiger partial charge in [0.25, 0.3) is 0 Å². The van der Waals surface area contributed by atoms with Crippen LogP contribution in [0.5, 0.6) is 0 Å². The minimum absolute atomic E-state index is 0.820. The van der Waals surface area contributed by atoms with Crippen molar-refractivity contribution in [1.29, 1.82) is 0 Å². The molecule has 0 bridgehead atoms. The summed E-state index contributed by atoms with van der Waals surface area (Å²) in [4.78, 5) is 10.4. The van der Waals surface area contributed by atoms with E-state index in [2.05, 4.69) is 13.8 Å². The number of hydrogen-bond donors (Lipinski definition) is 1. The molecule has 2 heteroatoms. The lowest BCUT2D eigenvalue weighted by Gasteiger charge is -2.04. The Morgan fingerprint density at radius 1 is 1.12 bits per heavy atom. The van der Waals surface area contributed by atoms with Gasteiger partial charge < -0.3 is 5.11 Å². The second-order valence-corrected chi connectivity index (χ2v) is 5.03. The first kappa shape index (κ1) is 15.2. The maximum Gasteiger partial charge on any atom is 0.328 e. The molecular formula is C14H26O2. The predicted molar refractivity (Wildman–Crippen MR) is 68.5 cm³/mol. The third-order valence-electron chi connectivity index (χ3n) is 2.72. The van der Waals surface area contributed by atoms with Gasteiger partial charge in [-0.3, -0.25) is 0 Å². The van der Waals surface area contributed by atoms with Crippen molar-refractivity contribution in [2.75, 3.05) is 0 Å². The molecule has 94 valence electrons. The van der Waals surface area contributed by atoms with Gasteiger partial charge in [-0.1, -0.05) is 51.5 Å². The average Bonchev–Trinajstić information content (AvgIpc) is 2.14. The van der Waals surface area contributed by atoms with Gasteiger partial charge in [0, 0.05) is 6.08 Å². The van der Waals surface area contributed by atoms with Gasteiger partial charge in [0.05, 0.1) is 0 Å². The minimum Gasteiger partial charge on any atom is -0.478 e. The first-order valence-electron chi connectivity index (χ1n) is 6.42. The summed E-state index contributed by atoms with van der Waals surface area (Å²) in [6.45, 7) is 6.42. The number of hydrogen-bond acceptors (Lipinski definition) is 1. The van der Waals surface area contributed by atoms with Crippen LogP contribution in [0.3, 0.4) is 0 Å². The molecule has 0 saturated heterocycles. The Bertz CT molecular complexity index is 217. The molecule has 2 nitrogen and oxygen atoms in total. The molecule has 0 heterocycles. The van der Waals surface area contributed by atoms with Crippen LogP contribution in [0.25, 0.3) is 0 Å². The zero-order chi connectivity index (χ0) is 12.4. The molecule has 0 saturated carbocycles. The van der Waals surface area contributed by atoms with Crippen molar-refractivity contribution in [3.8, 4) is 0 Å². The van der Waals surface area contributed by atoms with E-state index in [0.29, 0.717) is 0 Å². The Balaban J connectivity index is 3.30. The van der Waals surface area contributed by atoms with Gasteiger partial charge in [0.15, 0.2) is 0 Å². The molecule has 0 aliphatic heterocycles. The molecule has 0 rings (SSSR count). The molecule has 0 unspecified atom stereocenters. The van der Waals surface area contributed by atoms with Crippen molar-refractivity contribution in [3.63, 3.8) is 0 Å². The van der Waals surface area contributed by atoms with Crippen LogP contribution in [-0.4, -0.2) is 11.1 Å². The fourth-order valence-corrected chi connectivity index (χ4v) is 1.77. The Kier molecular flexibility index (Phi) is 8.97. The molecule has 0 aromatic heterocycles. The molecular weight excluding hydrogens is 200 g/mol. The second kappa shape index (κ2) is 9.44. The number of allylic oxidation sites excluding steroid dienone is 1. The first-order valence-corrected chi connectivity index (χ1v) is 6.42. The van der Waals surface area contributed by atoms with Gasteiger partial charge >= 0.3 is 5.97 Å². The van der Waals surface area contributed by atoms with E-state index < -0.39 is 5.97 Å². The average molecular weight is 226 g/mol. The zero-order valence-corrected chi connectivity index (χ0v) is 11.0. The SMILES string of the molecule is CC(=CC(=O)O)CCCCCCCC(C)C. The highest BCUT2D eigenvalue weighted by Gasteiger charge is 1.97. The van der Waals surface area contributed by atoms with Gasteiger partial charge in [-0.05, 0) is 25.7 Å². The van der Waals surface area contributed by atoms with E-state index in [1.165, 1.54) is 38.2 Å². The highest BCUT2D eigenvalue weighted by atomic mass is 16.4. The van der Waals surface area contributed by atoms with Crippen molar-refractivity contribution >= 4 is 5.97 Å². The summed E-state index contributed by atoms with van der Waals surface area (Å²) in [5.74, 6) is -0.00447. The zero-order valence-electron chi connectivity index (χ0n) is 11.0. The Labute approximate surface area is 99.7 Å². The van der Waals surface area contributed by atoms with Crippen LogP contribution < -0.4 is 0 Å². The van der Waals surface area contributed by atoms with E-state index in [-0.39, 0.29) is 0 Å². The molecule has 0 aliphatic carbocycles. The summed E-state index contributed by atoms with van der Waals surface area (Å²) in [7, 11) is 0. The van der Waals surface area contributed by atoms with Gasteiger partial charge in [0.1, 0.15) is 0 Å². The Hall–Kier alpha value is -0.790. The van der Waals surface area contributed by atoms with Crippen LogP contribution in [0.4, 0.5) is 0 Å². The molecule has 16 heavy (non-hydrogen) atoms. The van der Waals surface area contributed by atoms with E-state index in [0.717, 1.165) is 24.3 Å². The summed E-state index contributed by atoms with van der Waals surface area (Å²) >= 11 is 0. The Morgan fingerprint density at radius 2 is 1.69 bits per heavy atom. The van der Waals surface area contributed by atoms with E-state index >= 15 is 0 Å². The first-order chi connectivity index (χ1) is 7.52. The molecule has 0 spiro atoms. The van der Waals surface area contributed by atoms with Crippen LogP contribution in [0, 0.1) is 5.92 Å². The van der Waals surface area contributed by atoms with Gasteiger partial charge in [-0.2, -0.15) is 0 Å². The van der Waals surface area contributed by atoms with Gasteiger partial charge in [-0.25, -0.2) is 4.79 Å². The molecule has 1 N–H and O–H groups in total. The number of aliphatic carboxylic acids is 1. The highest BCUT2D eigenvalue weighted by molar-refractivity contribution is 5.80. The van der Waals surface area contributed by atoms with E-state index in [9.17, 15) is 4.79 Å². The number of unbranched alkanes of at least 4 members (excludes halogenated alkanes) is 4. The molecule has 0 fully saturated rings. The minimum atomic E-state index is -0.825. The molecule has 0 atom stereocenters. The maximum absolute atomic E-state index is 10.4. The third-order valence-corrected chi connectivity index (χ3v) is 2.72. The molecule has 0 radical (unpaired) electrons. The van der Waals surface area contributed by atoms with Crippen LogP contribution >= 0.6 is 0 Å². The molecule has 0 aliphatic rings. The number of carboxylic acids is 1. The molecule has 0 aromatic carbocycles. The lowest BCUT2D eigenvalue weighted by atomic mass is 10.0. The summed E-state index contributed by atoms with van der Waals surface area (Å²) < 4.78 is 0. The fraction of sp³-hybridized carbons (Fsp3) is 0.786. The number of carboxylic acid groups (broad SMARTS) is 1. The quantitative estimate of drug-likeness (QED) is 0.467. The summed E-state index contributed by atoms with van der Waals surface area (Å²) in [6.07, 6.45) is 9.86. The van der Waals surface area contributed by atoms with Gasteiger partial charge in [-0.15, -0.1) is 0 Å². The smallest absolute Gasteiger partial charge is 0.328 e. The second-order valence-electron chi connectivity index (χ2n) is 5.03. The van der Waals surface area contributed by atoms with Crippen molar-refractivity contribution in [2.45, 2.75) is 65.7 Å². The van der Waals surface area contributed by atoms with Crippen LogP contribution in [0.15, 0.2) is 11.6 Å². The third kappa shape index (κ3) is 11.3. The lowest BCUT2D eigenvalue weighted by molar-refractivity contribution is -0.131. The van der Waals surface area contributed by atoms with Crippen molar-refractivity contribution in [2.24, 2.45) is 5.92 Å². The van der Waals surface area contributed by atoms with E-state index in [1.807, 2.05) is 6.92 Å². The molecule has 0 aromatic rings. The van der Waals surface area contributed by atoms with Crippen molar-refractivity contribution < 1.29 is 9.90 Å². The normalized spacial score (nSPS) is 12.1. The monoisotopic (exact) mass is 226 g/mol. The summed E-state index contributed by atoms with van der Waals surface area (Å²) in [5, 5.41) is 8.53. The van der Waals surface area contributed by atoms with Crippen molar-refractivity contribution in [3.05, 3.63) is 11.6 Å². The lowest BCUT2D eigenvalue weighted by Crippen LogP contribution is -1.90. The highest BCUT2D eigenvalue weighted by Crippen LogP contribution is 2.13. The topological polar surface area (TPSA) is 37.3 Å². The number of carbonyl (C=O) groups is 1. The maximum atomic E-state index is 10.4. The predicted octanol–water partition coefficient (Wildman–Crippen LogP) is 4.40. The fourth-order valence-electron chi connectivity index (χ4n) is 1.77. The Morgan fingerprint density at radius 3 is 2.25 bits per heavy atom. The summed E-state index contributed by atoms with van der Waals surface area (Å²) in [6, 6.07) is 0. The standard InChI is InChI=1S/C14H26O2/c1-12(2)9-7-5-4-6-8-10-13(3)11-14(15)16/h11-12H,4-10H2,1-3H3,(H,15,16). The van der Waals surface area contributed by atoms with Crippen molar-refractivity contribution in [1.82, 2.24) is 0 Å². The van der Waals surface area contributed by atoms with E-state index in [4.69, 9.17) is 5.11 Å². The van der Waals surface area contributed by atoms with E-state index in [1.54, 1.807) is 0 Å². The van der Waals surface area contributed by atoms with Crippen LogP contribution in [0.2, 0.25) is 0 Å². The van der Waals surface area contributed by atoms with Crippen LogP contribution in [-0.2, 0) is 4.79 Å². The largest absolute Gasteiger partial charge is 0.478 e.